The molecule has 0 radical (unpaired) electrons. The fourth-order valence-corrected chi connectivity index (χ4v) is 1.17. The van der Waals surface area contributed by atoms with Crippen molar-refractivity contribution in [3.05, 3.63) is 0 Å². The first kappa shape index (κ1) is 15.3. The predicted octanol–water partition coefficient (Wildman–Crippen LogP) is -2.50. The molecular formula is C9H18N4O4. The van der Waals surface area contributed by atoms with Crippen LogP contribution in [0.1, 0.15) is 19.3 Å². The lowest BCUT2D eigenvalue weighted by Gasteiger charge is -2.16. The molecule has 0 aromatic heterocycles. The van der Waals surface area contributed by atoms with Gasteiger partial charge < -0.3 is 27.6 Å². The number of hydrogen-bond donors (Lipinski definition) is 5. The lowest BCUT2D eigenvalue weighted by molar-refractivity contribution is -0.142. The molecule has 8 nitrogen and oxygen atoms in total. The van der Waals surface area contributed by atoms with Crippen LogP contribution in [-0.4, -0.2) is 41.5 Å². The smallest absolute Gasteiger partial charge is 0.326 e. The Morgan fingerprint density at radius 2 is 1.88 bits per heavy atom. The van der Waals surface area contributed by atoms with Crippen molar-refractivity contribution < 1.29 is 19.5 Å². The fraction of sp³-hybridized carbons (Fsp3) is 0.667. The van der Waals surface area contributed by atoms with Crippen molar-refractivity contribution in [3.8, 4) is 0 Å². The number of carbonyl (C=O) groups is 3. The van der Waals surface area contributed by atoms with Gasteiger partial charge in [0.05, 0.1) is 12.5 Å². The average molecular weight is 246 g/mol. The van der Waals surface area contributed by atoms with E-state index in [4.69, 9.17) is 22.3 Å². The van der Waals surface area contributed by atoms with Crippen molar-refractivity contribution in [1.29, 1.82) is 0 Å². The van der Waals surface area contributed by atoms with Crippen LogP contribution in [0.3, 0.4) is 0 Å². The molecular weight excluding hydrogens is 228 g/mol. The average Bonchev–Trinajstić information content (AvgIpc) is 2.22. The Morgan fingerprint density at radius 3 is 2.29 bits per heavy atom. The number of primary amides is 1. The van der Waals surface area contributed by atoms with E-state index in [9.17, 15) is 14.4 Å². The van der Waals surface area contributed by atoms with Crippen molar-refractivity contribution in [3.63, 3.8) is 0 Å². The maximum Gasteiger partial charge on any atom is 0.326 e. The fourth-order valence-electron chi connectivity index (χ4n) is 1.17. The van der Waals surface area contributed by atoms with E-state index in [-0.39, 0.29) is 12.8 Å². The molecule has 0 fully saturated rings. The highest BCUT2D eigenvalue weighted by Gasteiger charge is 2.23. The van der Waals surface area contributed by atoms with Gasteiger partial charge in [-0.1, -0.05) is 0 Å². The van der Waals surface area contributed by atoms with Crippen LogP contribution >= 0.6 is 0 Å². The van der Waals surface area contributed by atoms with E-state index in [1.807, 2.05) is 0 Å². The van der Waals surface area contributed by atoms with Gasteiger partial charge in [0.2, 0.25) is 11.8 Å². The topological polar surface area (TPSA) is 162 Å². The van der Waals surface area contributed by atoms with Crippen LogP contribution in [0.5, 0.6) is 0 Å². The summed E-state index contributed by atoms with van der Waals surface area (Å²) < 4.78 is 0. The molecule has 2 amide bonds. The minimum absolute atomic E-state index is 0.209. The number of hydrogen-bond acceptors (Lipinski definition) is 5. The van der Waals surface area contributed by atoms with Crippen LogP contribution in [0.25, 0.3) is 0 Å². The third-order valence-corrected chi connectivity index (χ3v) is 2.07. The standard InChI is InChI=1S/C9H18N4O4/c10-3-1-2-6(9(16)17)13-8(15)5(11)4-7(12)14/h5-6H,1-4,10-11H2,(H2,12,14)(H,13,15)(H,16,17)/t5-,6-/m0/s1. The van der Waals surface area contributed by atoms with Gasteiger partial charge in [-0.2, -0.15) is 0 Å². The Labute approximate surface area is 98.5 Å². The van der Waals surface area contributed by atoms with Crippen LogP contribution in [0.15, 0.2) is 0 Å². The van der Waals surface area contributed by atoms with Crippen LogP contribution < -0.4 is 22.5 Å². The van der Waals surface area contributed by atoms with E-state index < -0.39 is 29.9 Å². The van der Waals surface area contributed by atoms with Gasteiger partial charge >= 0.3 is 5.97 Å². The summed E-state index contributed by atoms with van der Waals surface area (Å²) >= 11 is 0. The highest BCUT2D eigenvalue weighted by molar-refractivity contribution is 5.90. The quantitative estimate of drug-likeness (QED) is 0.318. The lowest BCUT2D eigenvalue weighted by Crippen LogP contribution is -2.49. The zero-order valence-electron chi connectivity index (χ0n) is 9.39. The summed E-state index contributed by atoms with van der Waals surface area (Å²) in [5.41, 5.74) is 15.5. The highest BCUT2D eigenvalue weighted by atomic mass is 16.4. The molecule has 0 aromatic rings. The predicted molar refractivity (Wildman–Crippen MR) is 59.6 cm³/mol. The number of nitrogens with two attached hydrogens (primary N) is 3. The molecule has 8 heteroatoms. The van der Waals surface area contributed by atoms with Crippen molar-refractivity contribution in [2.45, 2.75) is 31.3 Å². The van der Waals surface area contributed by atoms with Crippen LogP contribution in [0.4, 0.5) is 0 Å². The molecule has 0 spiro atoms. The number of carboxylic acids is 1. The largest absolute Gasteiger partial charge is 0.480 e. The third kappa shape index (κ3) is 6.48. The van der Waals surface area contributed by atoms with Crippen molar-refractivity contribution in [2.24, 2.45) is 17.2 Å². The van der Waals surface area contributed by atoms with Crippen molar-refractivity contribution >= 4 is 17.8 Å². The van der Waals surface area contributed by atoms with Gasteiger partial charge in [-0.15, -0.1) is 0 Å². The zero-order valence-corrected chi connectivity index (χ0v) is 9.39. The summed E-state index contributed by atoms with van der Waals surface area (Å²) in [5.74, 6) is -2.60. The SMILES string of the molecule is NCCC[C@H](NC(=O)[C@@H](N)CC(N)=O)C(=O)O. The molecule has 0 rings (SSSR count). The van der Waals surface area contributed by atoms with E-state index >= 15 is 0 Å². The van der Waals surface area contributed by atoms with Crippen molar-refractivity contribution in [2.75, 3.05) is 6.54 Å². The van der Waals surface area contributed by atoms with E-state index in [1.54, 1.807) is 0 Å². The van der Waals surface area contributed by atoms with Crippen LogP contribution in [0.2, 0.25) is 0 Å². The first-order chi connectivity index (χ1) is 7.88. The van der Waals surface area contributed by atoms with Gasteiger partial charge in [-0.05, 0) is 19.4 Å². The number of carbonyl (C=O) groups excluding carboxylic acids is 2. The van der Waals surface area contributed by atoms with Gasteiger partial charge in [-0.3, -0.25) is 9.59 Å². The molecule has 2 atom stereocenters. The van der Waals surface area contributed by atoms with E-state index in [0.717, 1.165) is 0 Å². The summed E-state index contributed by atoms with van der Waals surface area (Å²) in [6.45, 7) is 0.326. The molecule has 17 heavy (non-hydrogen) atoms. The Kier molecular flexibility index (Phi) is 6.83. The number of rotatable bonds is 8. The second-order valence-corrected chi connectivity index (χ2v) is 3.61. The van der Waals surface area contributed by atoms with E-state index in [1.165, 1.54) is 0 Å². The highest BCUT2D eigenvalue weighted by Crippen LogP contribution is 1.98. The first-order valence-corrected chi connectivity index (χ1v) is 5.15. The Morgan fingerprint density at radius 1 is 1.29 bits per heavy atom. The second kappa shape index (κ2) is 7.58. The number of amides is 2. The molecule has 0 aliphatic carbocycles. The molecule has 0 aromatic carbocycles. The first-order valence-electron chi connectivity index (χ1n) is 5.15. The Hall–Kier alpha value is -1.67. The van der Waals surface area contributed by atoms with Gasteiger partial charge in [0.15, 0.2) is 0 Å². The summed E-state index contributed by atoms with van der Waals surface area (Å²) in [4.78, 5) is 32.8. The summed E-state index contributed by atoms with van der Waals surface area (Å²) in [6, 6.07) is -2.18. The molecule has 0 saturated heterocycles. The number of carboxylic acid groups (broad SMARTS) is 1. The maximum atomic E-state index is 11.4. The second-order valence-electron chi connectivity index (χ2n) is 3.61. The molecule has 8 N–H and O–H groups in total. The Bertz CT molecular complexity index is 295. The zero-order chi connectivity index (χ0) is 13.4. The van der Waals surface area contributed by atoms with Gasteiger partial charge in [-0.25, -0.2) is 4.79 Å². The van der Waals surface area contributed by atoms with Crippen molar-refractivity contribution in [1.82, 2.24) is 5.32 Å². The van der Waals surface area contributed by atoms with Crippen LogP contribution in [0, 0.1) is 0 Å². The monoisotopic (exact) mass is 246 g/mol. The lowest BCUT2D eigenvalue weighted by atomic mass is 10.1. The molecule has 0 aliphatic rings. The summed E-state index contributed by atoms with van der Waals surface area (Å²) in [5, 5.41) is 11.1. The molecule has 0 aliphatic heterocycles. The van der Waals surface area contributed by atoms with Gasteiger partial charge in [0.1, 0.15) is 6.04 Å². The molecule has 0 saturated carbocycles. The minimum atomic E-state index is -1.17. The van der Waals surface area contributed by atoms with Crippen LogP contribution in [-0.2, 0) is 14.4 Å². The summed E-state index contributed by atoms with van der Waals surface area (Å²) in [7, 11) is 0. The van der Waals surface area contributed by atoms with E-state index in [0.29, 0.717) is 13.0 Å². The number of aliphatic carboxylic acids is 1. The Balaban J connectivity index is 4.29. The van der Waals surface area contributed by atoms with Gasteiger partial charge in [0, 0.05) is 0 Å². The molecule has 0 unspecified atom stereocenters. The normalized spacial score (nSPS) is 13.8. The molecule has 0 bridgehead atoms. The number of nitrogens with one attached hydrogen (secondary N) is 1. The maximum absolute atomic E-state index is 11.4. The molecule has 98 valence electrons. The minimum Gasteiger partial charge on any atom is -0.480 e. The van der Waals surface area contributed by atoms with Gasteiger partial charge in [0.25, 0.3) is 0 Å². The summed E-state index contributed by atoms with van der Waals surface area (Å²) in [6.07, 6.45) is 0.345. The third-order valence-electron chi connectivity index (χ3n) is 2.07. The molecule has 0 heterocycles. The van der Waals surface area contributed by atoms with E-state index in [2.05, 4.69) is 5.32 Å².